The van der Waals surface area contributed by atoms with Crippen molar-refractivity contribution in [2.75, 3.05) is 14.2 Å². The molecule has 0 saturated heterocycles. The lowest BCUT2D eigenvalue weighted by atomic mass is 9.96. The summed E-state index contributed by atoms with van der Waals surface area (Å²) in [6, 6.07) is 6.59. The molecule has 3 nitrogen and oxygen atoms in total. The fraction of sp³-hybridized carbons (Fsp3) is 0.562. The van der Waals surface area contributed by atoms with Crippen molar-refractivity contribution in [2.24, 2.45) is 0 Å². The van der Waals surface area contributed by atoms with Crippen molar-refractivity contribution in [3.63, 3.8) is 0 Å². The normalized spacial score (nSPS) is 15.6. The Morgan fingerprint density at radius 2 is 2.10 bits per heavy atom. The molecule has 1 aromatic carbocycles. The Balaban J connectivity index is 1.95. The highest BCUT2D eigenvalue weighted by Gasteiger charge is 2.16. The molecule has 1 aliphatic carbocycles. The second-order valence-corrected chi connectivity index (χ2v) is 6.90. The predicted octanol–water partition coefficient (Wildman–Crippen LogP) is 4.10. The molecule has 0 unspecified atom stereocenters. The summed E-state index contributed by atoms with van der Waals surface area (Å²) in [6.07, 6.45) is 6.44. The average Bonchev–Trinajstić information content (AvgIpc) is 2.48. The first-order valence-electron chi connectivity index (χ1n) is 7.44. The van der Waals surface area contributed by atoms with Gasteiger partial charge in [0.15, 0.2) is 5.11 Å². The molecule has 1 aliphatic rings. The van der Waals surface area contributed by atoms with Crippen LogP contribution in [-0.2, 0) is 6.54 Å². The smallest absolute Gasteiger partial charge is 0.169 e. The number of benzene rings is 1. The van der Waals surface area contributed by atoms with Crippen molar-refractivity contribution >= 4 is 33.3 Å². The summed E-state index contributed by atoms with van der Waals surface area (Å²) in [5.41, 5.74) is 1.13. The van der Waals surface area contributed by atoms with E-state index in [4.69, 9.17) is 17.0 Å². The van der Waals surface area contributed by atoms with Crippen LogP contribution in [0.1, 0.15) is 37.7 Å². The molecule has 5 heteroatoms. The van der Waals surface area contributed by atoms with E-state index in [0.717, 1.165) is 27.4 Å². The van der Waals surface area contributed by atoms with E-state index in [-0.39, 0.29) is 0 Å². The van der Waals surface area contributed by atoms with Crippen molar-refractivity contribution in [3.05, 3.63) is 28.2 Å². The van der Waals surface area contributed by atoms with Crippen LogP contribution in [0.2, 0.25) is 0 Å². The Kier molecular flexibility index (Phi) is 6.30. The van der Waals surface area contributed by atoms with Gasteiger partial charge in [-0.3, -0.25) is 0 Å². The highest BCUT2D eigenvalue weighted by atomic mass is 79.9. The standard InChI is InChI=1S/C16H23BrN2OS/c1-19(16(21)18-14-6-4-3-5-7-14)11-12-10-13(17)8-9-15(12)20-2/h8-10,14H,3-7,11H2,1-2H3,(H,18,21). The summed E-state index contributed by atoms with van der Waals surface area (Å²) < 4.78 is 6.47. The lowest BCUT2D eigenvalue weighted by molar-refractivity contribution is 0.382. The third-order valence-electron chi connectivity index (χ3n) is 3.93. The zero-order chi connectivity index (χ0) is 15.2. The van der Waals surface area contributed by atoms with E-state index in [9.17, 15) is 0 Å². The minimum atomic E-state index is 0.540. The third-order valence-corrected chi connectivity index (χ3v) is 4.85. The van der Waals surface area contributed by atoms with Crippen LogP contribution >= 0.6 is 28.1 Å². The number of nitrogens with one attached hydrogen (secondary N) is 1. The zero-order valence-corrected chi connectivity index (χ0v) is 15.1. The van der Waals surface area contributed by atoms with Gasteiger partial charge in [-0.25, -0.2) is 0 Å². The molecule has 2 rings (SSSR count). The second-order valence-electron chi connectivity index (χ2n) is 5.60. The number of hydrogen-bond acceptors (Lipinski definition) is 2. The number of halogens is 1. The first-order valence-corrected chi connectivity index (χ1v) is 8.64. The van der Waals surface area contributed by atoms with E-state index in [1.165, 1.54) is 32.1 Å². The van der Waals surface area contributed by atoms with E-state index >= 15 is 0 Å². The van der Waals surface area contributed by atoms with Gasteiger partial charge in [0.05, 0.1) is 7.11 Å². The average molecular weight is 371 g/mol. The Hall–Kier alpha value is -0.810. The topological polar surface area (TPSA) is 24.5 Å². The second kappa shape index (κ2) is 7.99. The lowest BCUT2D eigenvalue weighted by Gasteiger charge is -2.28. The van der Waals surface area contributed by atoms with Gasteiger partial charge in [0.25, 0.3) is 0 Å². The van der Waals surface area contributed by atoms with Crippen molar-refractivity contribution < 1.29 is 4.74 Å². The van der Waals surface area contributed by atoms with Crippen molar-refractivity contribution in [2.45, 2.75) is 44.7 Å². The van der Waals surface area contributed by atoms with Crippen LogP contribution in [0.3, 0.4) is 0 Å². The van der Waals surface area contributed by atoms with Gasteiger partial charge in [-0.2, -0.15) is 0 Å². The van der Waals surface area contributed by atoms with Crippen LogP contribution in [0.25, 0.3) is 0 Å². The molecular weight excluding hydrogens is 348 g/mol. The van der Waals surface area contributed by atoms with Crippen LogP contribution in [0, 0.1) is 0 Å². The Bertz CT molecular complexity index is 489. The molecule has 0 bridgehead atoms. The van der Waals surface area contributed by atoms with Crippen LogP contribution in [0.15, 0.2) is 22.7 Å². The summed E-state index contributed by atoms with van der Waals surface area (Å²) in [7, 11) is 3.73. The van der Waals surface area contributed by atoms with Gasteiger partial charge in [0.2, 0.25) is 0 Å². The van der Waals surface area contributed by atoms with Gasteiger partial charge >= 0.3 is 0 Å². The predicted molar refractivity (Wildman–Crippen MR) is 94.8 cm³/mol. The number of thiocarbonyl (C=S) groups is 1. The molecule has 1 fully saturated rings. The highest BCUT2D eigenvalue weighted by molar-refractivity contribution is 9.10. The lowest BCUT2D eigenvalue weighted by Crippen LogP contribution is -2.43. The summed E-state index contributed by atoms with van der Waals surface area (Å²) >= 11 is 9.04. The molecule has 1 N–H and O–H groups in total. The van der Waals surface area contributed by atoms with E-state index in [1.807, 2.05) is 19.2 Å². The molecule has 116 valence electrons. The molecule has 0 aromatic heterocycles. The number of nitrogens with zero attached hydrogens (tertiary/aromatic N) is 1. The van der Waals surface area contributed by atoms with Crippen LogP contribution in [-0.4, -0.2) is 30.2 Å². The molecule has 0 heterocycles. The molecule has 1 saturated carbocycles. The first-order chi connectivity index (χ1) is 10.1. The largest absolute Gasteiger partial charge is 0.496 e. The molecule has 1 aromatic rings. The maximum absolute atomic E-state index is 5.53. The third kappa shape index (κ3) is 4.85. The molecule has 21 heavy (non-hydrogen) atoms. The minimum Gasteiger partial charge on any atom is -0.496 e. The molecule has 0 radical (unpaired) electrons. The van der Waals surface area contributed by atoms with E-state index in [2.05, 4.69) is 32.2 Å². The number of ether oxygens (including phenoxy) is 1. The molecule has 0 amide bonds. The van der Waals surface area contributed by atoms with Gasteiger partial charge in [-0.1, -0.05) is 35.2 Å². The Labute approximate surface area is 141 Å². The van der Waals surface area contributed by atoms with Crippen molar-refractivity contribution in [1.82, 2.24) is 10.2 Å². The fourth-order valence-corrected chi connectivity index (χ4v) is 3.37. The first kappa shape index (κ1) is 16.6. The number of methoxy groups -OCH3 is 1. The summed E-state index contributed by atoms with van der Waals surface area (Å²) in [4.78, 5) is 2.08. The van der Waals surface area contributed by atoms with E-state index < -0.39 is 0 Å². The molecule has 0 spiro atoms. The van der Waals surface area contributed by atoms with E-state index in [1.54, 1.807) is 7.11 Å². The molecule has 0 aliphatic heterocycles. The Morgan fingerprint density at radius 1 is 1.38 bits per heavy atom. The monoisotopic (exact) mass is 370 g/mol. The number of hydrogen-bond donors (Lipinski definition) is 1. The SMILES string of the molecule is COc1ccc(Br)cc1CN(C)C(=S)NC1CCCCC1. The van der Waals surface area contributed by atoms with Gasteiger partial charge in [0.1, 0.15) is 5.75 Å². The van der Waals surface area contributed by atoms with Gasteiger partial charge in [0, 0.05) is 29.7 Å². The molecule has 0 atom stereocenters. The summed E-state index contributed by atoms with van der Waals surface area (Å²) in [5.74, 6) is 0.894. The fourth-order valence-electron chi connectivity index (χ4n) is 2.73. The minimum absolute atomic E-state index is 0.540. The summed E-state index contributed by atoms with van der Waals surface area (Å²) in [6.45, 7) is 0.737. The zero-order valence-electron chi connectivity index (χ0n) is 12.7. The van der Waals surface area contributed by atoms with E-state index in [0.29, 0.717) is 6.04 Å². The Morgan fingerprint density at radius 3 is 2.76 bits per heavy atom. The van der Waals surface area contributed by atoms with Crippen molar-refractivity contribution in [1.29, 1.82) is 0 Å². The molecular formula is C16H23BrN2OS. The summed E-state index contributed by atoms with van der Waals surface area (Å²) in [5, 5.41) is 4.32. The van der Waals surface area contributed by atoms with Gasteiger partial charge < -0.3 is 15.0 Å². The van der Waals surface area contributed by atoms with Crippen molar-refractivity contribution in [3.8, 4) is 5.75 Å². The maximum Gasteiger partial charge on any atom is 0.169 e. The highest BCUT2D eigenvalue weighted by Crippen LogP contribution is 2.24. The quantitative estimate of drug-likeness (QED) is 0.806. The van der Waals surface area contributed by atoms with Crippen LogP contribution in [0.5, 0.6) is 5.75 Å². The van der Waals surface area contributed by atoms with Gasteiger partial charge in [-0.05, 0) is 43.3 Å². The number of rotatable bonds is 4. The maximum atomic E-state index is 5.53. The van der Waals surface area contributed by atoms with Gasteiger partial charge in [-0.15, -0.1) is 0 Å². The van der Waals surface area contributed by atoms with Crippen LogP contribution < -0.4 is 10.1 Å². The van der Waals surface area contributed by atoms with Crippen LogP contribution in [0.4, 0.5) is 0 Å².